The van der Waals surface area contributed by atoms with Crippen molar-refractivity contribution in [2.24, 2.45) is 0 Å². The lowest BCUT2D eigenvalue weighted by atomic mass is 10.2. The van der Waals surface area contributed by atoms with Crippen LogP contribution in [0.25, 0.3) is 0 Å². The molecule has 0 atom stereocenters. The fourth-order valence-corrected chi connectivity index (χ4v) is 2.48. The van der Waals surface area contributed by atoms with Crippen molar-refractivity contribution in [2.45, 2.75) is 13.2 Å². The zero-order valence-electron chi connectivity index (χ0n) is 15.5. The molecule has 3 aromatic rings. The lowest BCUT2D eigenvalue weighted by Gasteiger charge is -2.13. The van der Waals surface area contributed by atoms with Gasteiger partial charge in [0.2, 0.25) is 0 Å². The SMILES string of the molecule is O=C(Nc1ccc(O)cc1NC(=O)OCc1ccccc1)OCc1ccccc1. The van der Waals surface area contributed by atoms with Crippen LogP contribution in [0.4, 0.5) is 21.0 Å². The summed E-state index contributed by atoms with van der Waals surface area (Å²) in [6.07, 6.45) is -1.42. The maximum atomic E-state index is 12.1. The summed E-state index contributed by atoms with van der Waals surface area (Å²) < 4.78 is 10.3. The summed E-state index contributed by atoms with van der Waals surface area (Å²) in [4.78, 5) is 24.2. The van der Waals surface area contributed by atoms with Gasteiger partial charge in [0.05, 0.1) is 11.4 Å². The third kappa shape index (κ3) is 6.28. The Balaban J connectivity index is 1.58. The van der Waals surface area contributed by atoms with Crippen LogP contribution in [0.2, 0.25) is 0 Å². The van der Waals surface area contributed by atoms with E-state index in [0.29, 0.717) is 0 Å². The van der Waals surface area contributed by atoms with Crippen molar-refractivity contribution in [1.29, 1.82) is 0 Å². The van der Waals surface area contributed by atoms with Crippen LogP contribution in [0, 0.1) is 0 Å². The van der Waals surface area contributed by atoms with Gasteiger partial charge in [0, 0.05) is 6.07 Å². The van der Waals surface area contributed by atoms with Crippen LogP contribution in [0.3, 0.4) is 0 Å². The maximum Gasteiger partial charge on any atom is 0.412 e. The maximum absolute atomic E-state index is 12.1. The molecule has 0 aliphatic carbocycles. The Morgan fingerprint density at radius 2 is 1.17 bits per heavy atom. The molecule has 0 aromatic heterocycles. The first-order valence-electron chi connectivity index (χ1n) is 8.88. The highest BCUT2D eigenvalue weighted by molar-refractivity contribution is 5.95. The van der Waals surface area contributed by atoms with Gasteiger partial charge in [-0.2, -0.15) is 0 Å². The lowest BCUT2D eigenvalue weighted by Crippen LogP contribution is -2.18. The number of amides is 2. The molecule has 2 amide bonds. The summed E-state index contributed by atoms with van der Waals surface area (Å²) in [5.41, 5.74) is 2.12. The Hall–Kier alpha value is -4.00. The summed E-state index contributed by atoms with van der Waals surface area (Å²) in [7, 11) is 0. The molecule has 148 valence electrons. The average Bonchev–Trinajstić information content (AvgIpc) is 2.74. The van der Waals surface area contributed by atoms with E-state index in [9.17, 15) is 14.7 Å². The van der Waals surface area contributed by atoms with Gasteiger partial charge in [0.1, 0.15) is 19.0 Å². The van der Waals surface area contributed by atoms with Crippen LogP contribution in [0.15, 0.2) is 78.9 Å². The second kappa shape index (κ2) is 9.80. The van der Waals surface area contributed by atoms with E-state index in [1.807, 2.05) is 60.7 Å². The molecule has 0 bridgehead atoms. The number of carbonyl (C=O) groups excluding carboxylic acids is 2. The van der Waals surface area contributed by atoms with Gasteiger partial charge in [-0.05, 0) is 23.3 Å². The van der Waals surface area contributed by atoms with E-state index in [1.54, 1.807) is 0 Å². The number of hydrogen-bond donors (Lipinski definition) is 3. The number of hydrogen-bond acceptors (Lipinski definition) is 5. The predicted molar refractivity (Wildman–Crippen MR) is 109 cm³/mol. The van der Waals surface area contributed by atoms with Gasteiger partial charge in [0.25, 0.3) is 0 Å². The lowest BCUT2D eigenvalue weighted by molar-refractivity contribution is 0.154. The van der Waals surface area contributed by atoms with Gasteiger partial charge in [-0.25, -0.2) is 9.59 Å². The second-order valence-corrected chi connectivity index (χ2v) is 6.10. The molecule has 7 nitrogen and oxygen atoms in total. The molecule has 0 aliphatic rings. The molecular weight excluding hydrogens is 372 g/mol. The summed E-state index contributed by atoms with van der Waals surface area (Å²) in [5.74, 6) is -0.0773. The molecule has 0 unspecified atom stereocenters. The second-order valence-electron chi connectivity index (χ2n) is 6.10. The summed E-state index contributed by atoms with van der Waals surface area (Å²) in [5, 5.41) is 14.8. The van der Waals surface area contributed by atoms with Gasteiger partial charge in [-0.1, -0.05) is 60.7 Å². The Bertz CT molecular complexity index is 961. The normalized spacial score (nSPS) is 10.1. The van der Waals surface area contributed by atoms with E-state index >= 15 is 0 Å². The Morgan fingerprint density at radius 1 is 0.690 bits per heavy atom. The minimum Gasteiger partial charge on any atom is -0.508 e. The fourth-order valence-electron chi connectivity index (χ4n) is 2.48. The summed E-state index contributed by atoms with van der Waals surface area (Å²) in [6.45, 7) is 0.194. The van der Waals surface area contributed by atoms with E-state index in [2.05, 4.69) is 10.6 Å². The molecule has 3 aromatic carbocycles. The number of nitrogens with one attached hydrogen (secondary N) is 2. The van der Waals surface area contributed by atoms with Crippen molar-refractivity contribution in [3.63, 3.8) is 0 Å². The topological polar surface area (TPSA) is 96.9 Å². The quantitative estimate of drug-likeness (QED) is 0.519. The first kappa shape index (κ1) is 19.8. The van der Waals surface area contributed by atoms with Crippen molar-refractivity contribution >= 4 is 23.6 Å². The highest BCUT2D eigenvalue weighted by Gasteiger charge is 2.12. The smallest absolute Gasteiger partial charge is 0.412 e. The van der Waals surface area contributed by atoms with Gasteiger partial charge >= 0.3 is 12.2 Å². The standard InChI is InChI=1S/C22H20N2O5/c25-18-11-12-19(23-21(26)28-14-16-7-3-1-4-8-16)20(13-18)24-22(27)29-15-17-9-5-2-6-10-17/h1-13,25H,14-15H2,(H,23,26)(H,24,27). The molecule has 7 heteroatoms. The third-order valence-corrected chi connectivity index (χ3v) is 3.90. The Kier molecular flexibility index (Phi) is 6.67. The molecule has 3 N–H and O–H groups in total. The van der Waals surface area contributed by atoms with Crippen LogP contribution in [-0.4, -0.2) is 17.3 Å². The molecule has 29 heavy (non-hydrogen) atoms. The third-order valence-electron chi connectivity index (χ3n) is 3.90. The number of ether oxygens (including phenoxy) is 2. The van der Waals surface area contributed by atoms with Crippen LogP contribution in [0.1, 0.15) is 11.1 Å². The van der Waals surface area contributed by atoms with Gasteiger partial charge < -0.3 is 14.6 Å². The van der Waals surface area contributed by atoms with Crippen molar-refractivity contribution in [3.8, 4) is 5.75 Å². The largest absolute Gasteiger partial charge is 0.508 e. The molecule has 0 aliphatic heterocycles. The molecule has 0 heterocycles. The van der Waals surface area contributed by atoms with Crippen LogP contribution in [-0.2, 0) is 22.7 Å². The Labute approximate surface area is 167 Å². The number of rotatable bonds is 6. The average molecular weight is 392 g/mol. The molecule has 0 fully saturated rings. The van der Waals surface area contributed by atoms with E-state index in [1.165, 1.54) is 18.2 Å². The Morgan fingerprint density at radius 3 is 1.69 bits per heavy atom. The monoisotopic (exact) mass is 392 g/mol. The highest BCUT2D eigenvalue weighted by Crippen LogP contribution is 2.27. The number of aromatic hydroxyl groups is 1. The van der Waals surface area contributed by atoms with Crippen molar-refractivity contribution < 1.29 is 24.2 Å². The minimum atomic E-state index is -0.722. The zero-order chi connectivity index (χ0) is 20.5. The van der Waals surface area contributed by atoms with Gasteiger partial charge in [-0.15, -0.1) is 0 Å². The summed E-state index contributed by atoms with van der Waals surface area (Å²) >= 11 is 0. The number of phenols is 1. The molecule has 0 spiro atoms. The van der Waals surface area contributed by atoms with Crippen molar-refractivity contribution in [1.82, 2.24) is 0 Å². The van der Waals surface area contributed by atoms with E-state index in [0.717, 1.165) is 11.1 Å². The fraction of sp³-hybridized carbons (Fsp3) is 0.0909. The minimum absolute atomic E-state index is 0.0773. The van der Waals surface area contributed by atoms with Gasteiger partial charge in [-0.3, -0.25) is 10.6 Å². The first-order chi connectivity index (χ1) is 14.1. The molecule has 0 radical (unpaired) electrons. The summed E-state index contributed by atoms with van der Waals surface area (Å²) in [6, 6.07) is 22.6. The molecule has 0 saturated heterocycles. The van der Waals surface area contributed by atoms with Crippen LogP contribution < -0.4 is 10.6 Å². The van der Waals surface area contributed by atoms with E-state index < -0.39 is 12.2 Å². The van der Waals surface area contributed by atoms with Crippen molar-refractivity contribution in [3.05, 3.63) is 90.0 Å². The van der Waals surface area contributed by atoms with E-state index in [-0.39, 0.29) is 30.3 Å². The van der Waals surface area contributed by atoms with Crippen LogP contribution >= 0.6 is 0 Å². The predicted octanol–water partition coefficient (Wildman–Crippen LogP) is 4.89. The number of phenolic OH excluding ortho intramolecular Hbond substituents is 1. The highest BCUT2D eigenvalue weighted by atomic mass is 16.6. The van der Waals surface area contributed by atoms with Crippen LogP contribution in [0.5, 0.6) is 5.75 Å². The van der Waals surface area contributed by atoms with E-state index in [4.69, 9.17) is 9.47 Å². The number of carbonyl (C=O) groups is 2. The first-order valence-corrected chi connectivity index (χ1v) is 8.88. The molecule has 3 rings (SSSR count). The zero-order valence-corrected chi connectivity index (χ0v) is 15.5. The molecular formula is C22H20N2O5. The van der Waals surface area contributed by atoms with Gasteiger partial charge in [0.15, 0.2) is 0 Å². The number of benzene rings is 3. The van der Waals surface area contributed by atoms with Crippen molar-refractivity contribution in [2.75, 3.05) is 10.6 Å². The number of anilines is 2. The molecule has 0 saturated carbocycles.